The Morgan fingerprint density at radius 2 is 2.14 bits per heavy atom. The molecule has 1 saturated carbocycles. The molecule has 0 bridgehead atoms. The Hall–Kier alpha value is -1.89. The molecule has 0 aliphatic heterocycles. The summed E-state index contributed by atoms with van der Waals surface area (Å²) in [6.45, 7) is 2.38. The van der Waals surface area contributed by atoms with E-state index in [1.807, 2.05) is 0 Å². The van der Waals surface area contributed by atoms with Crippen LogP contribution in [-0.2, 0) is 12.7 Å². The van der Waals surface area contributed by atoms with Gasteiger partial charge >= 0.3 is 6.18 Å². The third-order valence-corrected chi connectivity index (χ3v) is 3.38. The van der Waals surface area contributed by atoms with Crippen LogP contribution in [0.15, 0.2) is 24.5 Å². The molecule has 1 aliphatic carbocycles. The molecule has 1 aliphatic rings. The minimum atomic E-state index is -4.43. The molecule has 3 rings (SSSR count). The fourth-order valence-corrected chi connectivity index (χ4v) is 2.07. The molecule has 1 N–H and O–H groups in total. The van der Waals surface area contributed by atoms with E-state index in [0.29, 0.717) is 18.3 Å². The average Bonchev–Trinajstić information content (AvgIpc) is 3.10. The van der Waals surface area contributed by atoms with E-state index in [0.717, 1.165) is 30.2 Å². The standard InChI is InChI=1S/C14H15F3N4/c1-9-6-12(10(7-18-9)8-19-11-2-3-11)21-5-4-13(20-21)14(15,16)17/h4-7,11,19H,2-3,8H2,1H3. The van der Waals surface area contributed by atoms with E-state index < -0.39 is 11.9 Å². The molecule has 0 atom stereocenters. The van der Waals surface area contributed by atoms with Gasteiger partial charge in [-0.1, -0.05) is 0 Å². The first-order valence-electron chi connectivity index (χ1n) is 6.75. The highest BCUT2D eigenvalue weighted by Crippen LogP contribution is 2.28. The summed E-state index contributed by atoms with van der Waals surface area (Å²) >= 11 is 0. The maximum absolute atomic E-state index is 12.7. The molecule has 21 heavy (non-hydrogen) atoms. The van der Waals surface area contributed by atoms with Crippen molar-refractivity contribution in [2.45, 2.75) is 38.5 Å². The van der Waals surface area contributed by atoms with Gasteiger partial charge < -0.3 is 5.32 Å². The lowest BCUT2D eigenvalue weighted by atomic mass is 10.2. The van der Waals surface area contributed by atoms with Crippen molar-refractivity contribution in [1.29, 1.82) is 0 Å². The molecule has 2 heterocycles. The lowest BCUT2D eigenvalue weighted by Gasteiger charge is -2.11. The van der Waals surface area contributed by atoms with Crippen molar-refractivity contribution in [3.8, 4) is 5.69 Å². The van der Waals surface area contributed by atoms with Crippen molar-refractivity contribution in [1.82, 2.24) is 20.1 Å². The van der Waals surface area contributed by atoms with E-state index in [1.54, 1.807) is 19.2 Å². The summed E-state index contributed by atoms with van der Waals surface area (Å²) in [5.74, 6) is 0. The molecule has 0 spiro atoms. The number of hydrogen-bond acceptors (Lipinski definition) is 3. The second-order valence-corrected chi connectivity index (χ2v) is 5.25. The second-order valence-electron chi connectivity index (χ2n) is 5.25. The number of nitrogens with one attached hydrogen (secondary N) is 1. The van der Waals surface area contributed by atoms with Crippen molar-refractivity contribution in [3.63, 3.8) is 0 Å². The van der Waals surface area contributed by atoms with Crippen LogP contribution in [0.5, 0.6) is 0 Å². The number of alkyl halides is 3. The number of pyridine rings is 1. The monoisotopic (exact) mass is 296 g/mol. The van der Waals surface area contributed by atoms with E-state index in [9.17, 15) is 13.2 Å². The first-order chi connectivity index (χ1) is 9.93. The molecule has 0 saturated heterocycles. The highest BCUT2D eigenvalue weighted by Gasteiger charge is 2.33. The summed E-state index contributed by atoms with van der Waals surface area (Å²) in [7, 11) is 0. The van der Waals surface area contributed by atoms with Crippen LogP contribution in [0.3, 0.4) is 0 Å². The van der Waals surface area contributed by atoms with Crippen molar-refractivity contribution in [2.24, 2.45) is 0 Å². The Kier molecular flexibility index (Phi) is 3.44. The minimum absolute atomic E-state index is 0.516. The summed E-state index contributed by atoms with van der Waals surface area (Å²) in [6, 6.07) is 3.24. The molecular formula is C14H15F3N4. The summed E-state index contributed by atoms with van der Waals surface area (Å²) < 4.78 is 39.2. The van der Waals surface area contributed by atoms with Crippen LogP contribution in [0, 0.1) is 6.92 Å². The smallest absolute Gasteiger partial charge is 0.310 e. The molecule has 7 heteroatoms. The topological polar surface area (TPSA) is 42.7 Å². The third kappa shape index (κ3) is 3.24. The van der Waals surface area contributed by atoms with Crippen molar-refractivity contribution < 1.29 is 13.2 Å². The summed E-state index contributed by atoms with van der Waals surface area (Å²) in [6.07, 6.45) is 0.885. The van der Waals surface area contributed by atoms with Crippen LogP contribution < -0.4 is 5.32 Å². The van der Waals surface area contributed by atoms with Gasteiger partial charge in [-0.05, 0) is 31.9 Å². The fraction of sp³-hybridized carbons (Fsp3) is 0.429. The van der Waals surface area contributed by atoms with Crippen LogP contribution in [-0.4, -0.2) is 20.8 Å². The quantitative estimate of drug-likeness (QED) is 0.943. The van der Waals surface area contributed by atoms with E-state index in [4.69, 9.17) is 0 Å². The van der Waals surface area contributed by atoms with Gasteiger partial charge in [-0.15, -0.1) is 0 Å². The number of aryl methyl sites for hydroxylation is 1. The maximum atomic E-state index is 12.7. The molecule has 112 valence electrons. The Labute approximate surface area is 120 Å². The Morgan fingerprint density at radius 1 is 1.38 bits per heavy atom. The Balaban J connectivity index is 1.91. The van der Waals surface area contributed by atoms with Crippen molar-refractivity contribution >= 4 is 0 Å². The maximum Gasteiger partial charge on any atom is 0.435 e. The SMILES string of the molecule is Cc1cc(-n2ccc(C(F)(F)F)n2)c(CNC2CC2)cn1. The van der Waals surface area contributed by atoms with Crippen LogP contribution in [0.25, 0.3) is 5.69 Å². The number of halogens is 3. The van der Waals surface area contributed by atoms with Crippen molar-refractivity contribution in [2.75, 3.05) is 0 Å². The molecular weight excluding hydrogens is 281 g/mol. The van der Waals surface area contributed by atoms with E-state index in [1.165, 1.54) is 10.9 Å². The molecule has 4 nitrogen and oxygen atoms in total. The van der Waals surface area contributed by atoms with E-state index >= 15 is 0 Å². The number of nitrogens with zero attached hydrogens (tertiary/aromatic N) is 3. The Morgan fingerprint density at radius 3 is 2.76 bits per heavy atom. The molecule has 2 aromatic heterocycles. The van der Waals surface area contributed by atoms with E-state index in [-0.39, 0.29) is 0 Å². The molecule has 0 aromatic carbocycles. The second kappa shape index (κ2) is 5.14. The molecule has 2 aromatic rings. The van der Waals surface area contributed by atoms with Crippen LogP contribution in [0.2, 0.25) is 0 Å². The zero-order valence-electron chi connectivity index (χ0n) is 11.5. The van der Waals surface area contributed by atoms with Gasteiger partial charge in [0.05, 0.1) is 5.69 Å². The zero-order valence-corrected chi connectivity index (χ0v) is 11.5. The number of aromatic nitrogens is 3. The minimum Gasteiger partial charge on any atom is -0.310 e. The summed E-state index contributed by atoms with van der Waals surface area (Å²) in [5.41, 5.74) is 1.32. The number of hydrogen-bond donors (Lipinski definition) is 1. The highest BCUT2D eigenvalue weighted by molar-refractivity contribution is 5.40. The summed E-state index contributed by atoms with van der Waals surface area (Å²) in [5, 5.41) is 6.97. The zero-order chi connectivity index (χ0) is 15.0. The lowest BCUT2D eigenvalue weighted by Crippen LogP contribution is -2.17. The molecule has 0 amide bonds. The lowest BCUT2D eigenvalue weighted by molar-refractivity contribution is -0.141. The predicted molar refractivity (Wildman–Crippen MR) is 71.0 cm³/mol. The molecule has 0 radical (unpaired) electrons. The van der Waals surface area contributed by atoms with Crippen molar-refractivity contribution in [3.05, 3.63) is 41.5 Å². The number of rotatable bonds is 4. The van der Waals surface area contributed by atoms with Crippen LogP contribution in [0.4, 0.5) is 13.2 Å². The Bertz CT molecular complexity index is 644. The van der Waals surface area contributed by atoms with Gasteiger partial charge in [-0.2, -0.15) is 18.3 Å². The van der Waals surface area contributed by atoms with Crippen LogP contribution in [0.1, 0.15) is 29.8 Å². The molecule has 1 fully saturated rings. The van der Waals surface area contributed by atoms with Gasteiger partial charge in [0.1, 0.15) is 0 Å². The van der Waals surface area contributed by atoms with Crippen LogP contribution >= 0.6 is 0 Å². The normalized spacial score (nSPS) is 15.4. The average molecular weight is 296 g/mol. The fourth-order valence-electron chi connectivity index (χ4n) is 2.07. The van der Waals surface area contributed by atoms with Gasteiger partial charge in [0.25, 0.3) is 0 Å². The largest absolute Gasteiger partial charge is 0.435 e. The van der Waals surface area contributed by atoms with E-state index in [2.05, 4.69) is 15.4 Å². The van der Waals surface area contributed by atoms with Gasteiger partial charge in [0, 0.05) is 36.2 Å². The van der Waals surface area contributed by atoms with Gasteiger partial charge in [-0.3, -0.25) is 4.98 Å². The van der Waals surface area contributed by atoms with Gasteiger partial charge in [0.2, 0.25) is 0 Å². The highest BCUT2D eigenvalue weighted by atomic mass is 19.4. The predicted octanol–water partition coefficient (Wildman–Crippen LogP) is 2.85. The summed E-state index contributed by atoms with van der Waals surface area (Å²) in [4.78, 5) is 4.22. The van der Waals surface area contributed by atoms with Gasteiger partial charge in [-0.25, -0.2) is 4.68 Å². The first-order valence-corrected chi connectivity index (χ1v) is 6.75. The third-order valence-electron chi connectivity index (χ3n) is 3.38. The molecule has 0 unspecified atom stereocenters. The van der Waals surface area contributed by atoms with Gasteiger partial charge in [0.15, 0.2) is 5.69 Å². The first kappa shape index (κ1) is 14.1.